The summed E-state index contributed by atoms with van der Waals surface area (Å²) in [6.45, 7) is 1.73. The molecule has 0 saturated heterocycles. The molecule has 0 unspecified atom stereocenters. The molecule has 3 aromatic carbocycles. The molecule has 1 aliphatic rings. The van der Waals surface area contributed by atoms with E-state index in [-0.39, 0.29) is 17.5 Å². The van der Waals surface area contributed by atoms with E-state index in [1.807, 2.05) is 31.2 Å². The molecule has 1 heterocycles. The Kier molecular flexibility index (Phi) is 6.05. The molecule has 7 nitrogen and oxygen atoms in total. The van der Waals surface area contributed by atoms with Crippen LogP contribution in [0.4, 0.5) is 5.69 Å². The van der Waals surface area contributed by atoms with Crippen molar-refractivity contribution >= 4 is 21.6 Å². The van der Waals surface area contributed by atoms with Crippen LogP contribution in [0.3, 0.4) is 0 Å². The van der Waals surface area contributed by atoms with Gasteiger partial charge in [0.1, 0.15) is 11.5 Å². The number of ether oxygens (including phenoxy) is 2. The van der Waals surface area contributed by atoms with Gasteiger partial charge in [0.2, 0.25) is 0 Å². The lowest BCUT2D eigenvalue weighted by molar-refractivity contribution is -0.128. The van der Waals surface area contributed by atoms with Crippen molar-refractivity contribution in [3.8, 4) is 11.5 Å². The molecule has 1 amide bonds. The monoisotopic (exact) mass is 452 g/mol. The smallest absolute Gasteiger partial charge is 0.264 e. The van der Waals surface area contributed by atoms with Crippen LogP contribution in [0.25, 0.3) is 0 Å². The number of benzene rings is 3. The van der Waals surface area contributed by atoms with Crippen LogP contribution in [-0.4, -0.2) is 34.1 Å². The van der Waals surface area contributed by atoms with Crippen molar-refractivity contribution in [2.75, 3.05) is 18.0 Å². The van der Waals surface area contributed by atoms with Gasteiger partial charge in [-0.3, -0.25) is 9.10 Å². The fourth-order valence-electron chi connectivity index (χ4n) is 3.57. The molecule has 3 aromatic rings. The summed E-state index contributed by atoms with van der Waals surface area (Å²) in [5, 5.41) is 2.92. The predicted molar refractivity (Wildman–Crippen MR) is 121 cm³/mol. The first-order valence-corrected chi connectivity index (χ1v) is 11.6. The summed E-state index contributed by atoms with van der Waals surface area (Å²) >= 11 is 0. The summed E-state index contributed by atoms with van der Waals surface area (Å²) in [5.74, 6) is 0.674. The zero-order chi connectivity index (χ0) is 22.7. The standard InChI is InChI=1S/C24H24N2O5S/c1-17(18-12-14-19(30-2)15-13-18)25-24(27)23-16-26(21-10-6-7-11-22(21)31-23)32(28,29)20-8-4-3-5-9-20/h3-15,17,23H,16H2,1-2H3,(H,25,27)/t17-,23+/m1/s1. The molecule has 0 bridgehead atoms. The molecule has 32 heavy (non-hydrogen) atoms. The average Bonchev–Trinajstić information content (AvgIpc) is 2.83. The van der Waals surface area contributed by atoms with Crippen molar-refractivity contribution in [3.05, 3.63) is 84.4 Å². The molecule has 0 aromatic heterocycles. The molecular formula is C24H24N2O5S. The van der Waals surface area contributed by atoms with Gasteiger partial charge in [-0.2, -0.15) is 0 Å². The fraction of sp³-hybridized carbons (Fsp3) is 0.208. The zero-order valence-corrected chi connectivity index (χ0v) is 18.6. The minimum Gasteiger partial charge on any atom is -0.497 e. The summed E-state index contributed by atoms with van der Waals surface area (Å²) < 4.78 is 39.0. The Morgan fingerprint density at radius 1 is 1.03 bits per heavy atom. The Morgan fingerprint density at radius 3 is 2.38 bits per heavy atom. The molecular weight excluding hydrogens is 428 g/mol. The molecule has 4 rings (SSSR count). The maximum Gasteiger partial charge on any atom is 0.264 e. The highest BCUT2D eigenvalue weighted by Crippen LogP contribution is 2.36. The van der Waals surface area contributed by atoms with Crippen molar-refractivity contribution in [1.29, 1.82) is 0 Å². The van der Waals surface area contributed by atoms with E-state index in [0.29, 0.717) is 11.4 Å². The molecule has 0 aliphatic carbocycles. The number of sulfonamides is 1. The SMILES string of the molecule is COc1ccc([C@@H](C)NC(=O)[C@@H]2CN(S(=O)(=O)c3ccccc3)c3ccccc3O2)cc1. The molecule has 0 radical (unpaired) electrons. The number of carbonyl (C=O) groups excluding carboxylic acids is 1. The second kappa shape index (κ2) is 8.92. The number of fused-ring (bicyclic) bond motifs is 1. The highest BCUT2D eigenvalue weighted by Gasteiger charge is 2.37. The van der Waals surface area contributed by atoms with Gasteiger partial charge in [-0.25, -0.2) is 8.42 Å². The molecule has 0 spiro atoms. The number of nitrogens with zero attached hydrogens (tertiary/aromatic N) is 1. The highest BCUT2D eigenvalue weighted by molar-refractivity contribution is 7.92. The maximum atomic E-state index is 13.3. The number of hydrogen-bond donors (Lipinski definition) is 1. The van der Waals surface area contributed by atoms with E-state index in [1.165, 1.54) is 16.4 Å². The van der Waals surface area contributed by atoms with Crippen molar-refractivity contribution in [1.82, 2.24) is 5.32 Å². The van der Waals surface area contributed by atoms with Crippen LogP contribution in [0.2, 0.25) is 0 Å². The summed E-state index contributed by atoms with van der Waals surface area (Å²) in [7, 11) is -2.28. The Morgan fingerprint density at radius 2 is 1.69 bits per heavy atom. The third-order valence-corrected chi connectivity index (χ3v) is 7.13. The van der Waals surface area contributed by atoms with Gasteiger partial charge in [-0.1, -0.05) is 42.5 Å². The fourth-order valence-corrected chi connectivity index (χ4v) is 5.07. The van der Waals surface area contributed by atoms with Gasteiger partial charge in [0.05, 0.1) is 30.3 Å². The van der Waals surface area contributed by atoms with Gasteiger partial charge >= 0.3 is 0 Å². The third kappa shape index (κ3) is 4.27. The lowest BCUT2D eigenvalue weighted by atomic mass is 10.1. The minimum absolute atomic E-state index is 0.130. The second-order valence-electron chi connectivity index (χ2n) is 7.43. The van der Waals surface area contributed by atoms with E-state index in [0.717, 1.165) is 11.3 Å². The number of amides is 1. The van der Waals surface area contributed by atoms with E-state index in [9.17, 15) is 13.2 Å². The number of para-hydroxylation sites is 2. The number of anilines is 1. The highest BCUT2D eigenvalue weighted by atomic mass is 32.2. The molecule has 0 fully saturated rings. The zero-order valence-electron chi connectivity index (χ0n) is 17.8. The third-order valence-electron chi connectivity index (χ3n) is 5.33. The average molecular weight is 453 g/mol. The lowest BCUT2D eigenvalue weighted by Gasteiger charge is -2.35. The van der Waals surface area contributed by atoms with Crippen molar-refractivity contribution in [2.45, 2.75) is 24.0 Å². The van der Waals surface area contributed by atoms with Crippen molar-refractivity contribution in [3.63, 3.8) is 0 Å². The minimum atomic E-state index is -3.87. The summed E-state index contributed by atoms with van der Waals surface area (Å²) in [5.41, 5.74) is 1.30. The Hall–Kier alpha value is -3.52. The largest absolute Gasteiger partial charge is 0.497 e. The molecule has 8 heteroatoms. The van der Waals surface area contributed by atoms with Crippen LogP contribution < -0.4 is 19.1 Å². The number of rotatable bonds is 6. The molecule has 2 atom stereocenters. The molecule has 1 aliphatic heterocycles. The molecule has 1 N–H and O–H groups in total. The van der Waals surface area contributed by atoms with E-state index in [2.05, 4.69) is 5.32 Å². The Bertz CT molecular complexity index is 1200. The van der Waals surface area contributed by atoms with Crippen LogP contribution in [0.15, 0.2) is 83.8 Å². The second-order valence-corrected chi connectivity index (χ2v) is 9.29. The van der Waals surface area contributed by atoms with Gasteiger partial charge in [0.25, 0.3) is 15.9 Å². The van der Waals surface area contributed by atoms with Crippen LogP contribution >= 0.6 is 0 Å². The number of nitrogens with one attached hydrogen (secondary N) is 1. The van der Waals surface area contributed by atoms with Crippen molar-refractivity contribution in [2.24, 2.45) is 0 Å². The van der Waals surface area contributed by atoms with Gasteiger partial charge in [-0.05, 0) is 48.9 Å². The number of methoxy groups -OCH3 is 1. The molecule has 0 saturated carbocycles. The quantitative estimate of drug-likeness (QED) is 0.619. The van der Waals surface area contributed by atoms with Crippen LogP contribution in [0.5, 0.6) is 11.5 Å². The van der Waals surface area contributed by atoms with Gasteiger partial charge < -0.3 is 14.8 Å². The Balaban J connectivity index is 1.58. The van der Waals surface area contributed by atoms with E-state index < -0.39 is 22.0 Å². The van der Waals surface area contributed by atoms with E-state index >= 15 is 0 Å². The topological polar surface area (TPSA) is 84.9 Å². The first kappa shape index (κ1) is 21.7. The summed E-state index contributed by atoms with van der Waals surface area (Å²) in [4.78, 5) is 13.2. The van der Waals surface area contributed by atoms with Crippen LogP contribution in [0, 0.1) is 0 Å². The van der Waals surface area contributed by atoms with Gasteiger partial charge in [-0.15, -0.1) is 0 Å². The normalized spacial score (nSPS) is 16.4. The van der Waals surface area contributed by atoms with Crippen LogP contribution in [-0.2, 0) is 14.8 Å². The van der Waals surface area contributed by atoms with Crippen molar-refractivity contribution < 1.29 is 22.7 Å². The van der Waals surface area contributed by atoms with Gasteiger partial charge in [0, 0.05) is 0 Å². The van der Waals surface area contributed by atoms with Crippen LogP contribution in [0.1, 0.15) is 18.5 Å². The van der Waals surface area contributed by atoms with E-state index in [1.54, 1.807) is 49.6 Å². The predicted octanol–water partition coefficient (Wildman–Crippen LogP) is 3.53. The lowest BCUT2D eigenvalue weighted by Crippen LogP contribution is -2.51. The number of hydrogen-bond acceptors (Lipinski definition) is 5. The van der Waals surface area contributed by atoms with E-state index in [4.69, 9.17) is 9.47 Å². The maximum absolute atomic E-state index is 13.3. The summed E-state index contributed by atoms with van der Waals surface area (Å²) in [6.07, 6.45) is -0.996. The Labute approximate surface area is 187 Å². The first-order valence-electron chi connectivity index (χ1n) is 10.2. The first-order chi connectivity index (χ1) is 15.4. The van der Waals surface area contributed by atoms with Gasteiger partial charge in [0.15, 0.2) is 6.10 Å². The summed E-state index contributed by atoms with van der Waals surface area (Å²) in [6, 6.07) is 22.0. The molecule has 166 valence electrons. The number of carbonyl (C=O) groups is 1.